The van der Waals surface area contributed by atoms with Gasteiger partial charge in [-0.05, 0) is 71.0 Å². The Labute approximate surface area is 185 Å². The number of hydrogen-bond acceptors (Lipinski definition) is 7. The Balaban J connectivity index is 1.64. The van der Waals surface area contributed by atoms with Crippen molar-refractivity contribution >= 4 is 34.0 Å². The molecule has 7 heteroatoms. The number of hydrogen-bond donors (Lipinski definition) is 3. The summed E-state index contributed by atoms with van der Waals surface area (Å²) in [4.78, 5) is 16.2. The summed E-state index contributed by atoms with van der Waals surface area (Å²) in [5.74, 6) is 1.40. The van der Waals surface area contributed by atoms with Crippen LogP contribution in [-0.4, -0.2) is 45.5 Å². The van der Waals surface area contributed by atoms with Crippen LogP contribution in [0.1, 0.15) is 45.0 Å². The third kappa shape index (κ3) is 6.04. The van der Waals surface area contributed by atoms with Gasteiger partial charge in [0, 0.05) is 46.8 Å². The van der Waals surface area contributed by atoms with E-state index in [9.17, 15) is 0 Å². The molecule has 1 unspecified atom stereocenters. The van der Waals surface area contributed by atoms with Gasteiger partial charge in [0.25, 0.3) is 0 Å². The lowest BCUT2D eigenvalue weighted by Gasteiger charge is -2.26. The molecule has 3 rings (SSSR count). The highest BCUT2D eigenvalue weighted by Crippen LogP contribution is 2.26. The third-order valence-electron chi connectivity index (χ3n) is 5.61. The first-order chi connectivity index (χ1) is 14.9. The van der Waals surface area contributed by atoms with E-state index in [1.54, 1.807) is 0 Å². The van der Waals surface area contributed by atoms with Gasteiger partial charge >= 0.3 is 0 Å². The van der Waals surface area contributed by atoms with Gasteiger partial charge in [0.15, 0.2) is 0 Å². The summed E-state index contributed by atoms with van der Waals surface area (Å²) in [5, 5.41) is 7.69. The maximum absolute atomic E-state index is 6.19. The number of aromatic nitrogens is 3. The summed E-state index contributed by atoms with van der Waals surface area (Å²) >= 11 is 0. The summed E-state index contributed by atoms with van der Waals surface area (Å²) in [6.45, 7) is 13.7. The van der Waals surface area contributed by atoms with E-state index in [1.165, 1.54) is 0 Å². The van der Waals surface area contributed by atoms with Crippen molar-refractivity contribution in [1.82, 2.24) is 19.9 Å². The highest BCUT2D eigenvalue weighted by atomic mass is 15.2. The second kappa shape index (κ2) is 10.4. The lowest BCUT2D eigenvalue weighted by molar-refractivity contribution is 0.219. The first kappa shape index (κ1) is 22.7. The van der Waals surface area contributed by atoms with Crippen LogP contribution in [0.15, 0.2) is 30.3 Å². The molecule has 0 radical (unpaired) electrons. The lowest BCUT2D eigenvalue weighted by Crippen LogP contribution is -2.32. The fourth-order valence-electron chi connectivity index (χ4n) is 3.95. The van der Waals surface area contributed by atoms with E-state index in [4.69, 9.17) is 5.73 Å². The standard InChI is InChI=1S/C24H35N7/c1-6-31(7-2)18(5)9-8-12-26-24-28-17(4)14-23(30-24)29-19-10-11-22-20(15-19)21(25)13-16(3)27-22/h10-11,13-15,18H,6-9,12H2,1-5H3,(H2,25,27)(H2,26,28,29,30). The van der Waals surface area contributed by atoms with Crippen LogP contribution < -0.4 is 16.4 Å². The van der Waals surface area contributed by atoms with Gasteiger partial charge in [0.05, 0.1) is 5.52 Å². The molecule has 7 nitrogen and oxygen atoms in total. The smallest absolute Gasteiger partial charge is 0.224 e. The summed E-state index contributed by atoms with van der Waals surface area (Å²) in [7, 11) is 0. The number of nitrogens with zero attached hydrogens (tertiary/aromatic N) is 4. The molecule has 1 aromatic carbocycles. The molecule has 3 aromatic rings. The van der Waals surface area contributed by atoms with Gasteiger partial charge in [-0.25, -0.2) is 4.98 Å². The lowest BCUT2D eigenvalue weighted by atomic mass is 10.1. The molecule has 4 N–H and O–H groups in total. The van der Waals surface area contributed by atoms with Gasteiger partial charge in [-0.2, -0.15) is 4.98 Å². The average Bonchev–Trinajstić information content (AvgIpc) is 2.72. The Morgan fingerprint density at radius 2 is 1.74 bits per heavy atom. The average molecular weight is 422 g/mol. The van der Waals surface area contributed by atoms with Crippen LogP contribution in [-0.2, 0) is 0 Å². The number of rotatable bonds is 10. The second-order valence-electron chi connectivity index (χ2n) is 8.07. The maximum atomic E-state index is 6.19. The number of aryl methyl sites for hydroxylation is 2. The van der Waals surface area contributed by atoms with Gasteiger partial charge < -0.3 is 21.3 Å². The van der Waals surface area contributed by atoms with Crippen molar-refractivity contribution in [1.29, 1.82) is 0 Å². The minimum atomic E-state index is 0.589. The molecule has 0 bridgehead atoms. The number of nitrogens with two attached hydrogens (primary N) is 1. The molecule has 0 amide bonds. The zero-order valence-corrected chi connectivity index (χ0v) is 19.4. The SMILES string of the molecule is CCN(CC)C(C)CCCNc1nc(C)cc(Nc2ccc3nc(C)cc(N)c3c2)n1. The fraction of sp³-hybridized carbons (Fsp3) is 0.458. The predicted octanol–water partition coefficient (Wildman–Crippen LogP) is 4.89. The number of nitrogens with one attached hydrogen (secondary N) is 2. The van der Waals surface area contributed by atoms with Crippen molar-refractivity contribution in [2.45, 2.75) is 53.5 Å². The van der Waals surface area contributed by atoms with E-state index in [-0.39, 0.29) is 0 Å². The van der Waals surface area contributed by atoms with E-state index in [0.29, 0.717) is 12.0 Å². The van der Waals surface area contributed by atoms with E-state index in [0.717, 1.165) is 72.0 Å². The predicted molar refractivity (Wildman–Crippen MR) is 131 cm³/mol. The molecule has 0 aliphatic carbocycles. The Kier molecular flexibility index (Phi) is 7.63. The summed E-state index contributed by atoms with van der Waals surface area (Å²) in [6.07, 6.45) is 2.23. The monoisotopic (exact) mass is 421 g/mol. The zero-order chi connectivity index (χ0) is 22.4. The Hall–Kier alpha value is -2.93. The van der Waals surface area contributed by atoms with Crippen LogP contribution in [0.2, 0.25) is 0 Å². The van der Waals surface area contributed by atoms with Crippen LogP contribution in [0.25, 0.3) is 10.9 Å². The van der Waals surface area contributed by atoms with Crippen molar-refractivity contribution in [3.63, 3.8) is 0 Å². The van der Waals surface area contributed by atoms with Gasteiger partial charge in [0.1, 0.15) is 5.82 Å². The van der Waals surface area contributed by atoms with E-state index in [2.05, 4.69) is 51.3 Å². The molecule has 2 heterocycles. The topological polar surface area (TPSA) is 92.0 Å². The molecule has 0 saturated heterocycles. The number of pyridine rings is 1. The van der Waals surface area contributed by atoms with E-state index >= 15 is 0 Å². The van der Waals surface area contributed by atoms with Crippen LogP contribution in [0.5, 0.6) is 0 Å². The summed E-state index contributed by atoms with van der Waals surface area (Å²) < 4.78 is 0. The molecule has 0 spiro atoms. The van der Waals surface area contributed by atoms with Gasteiger partial charge in [0.2, 0.25) is 5.95 Å². The van der Waals surface area contributed by atoms with Crippen molar-refractivity contribution in [3.8, 4) is 0 Å². The molecule has 0 aliphatic rings. The first-order valence-corrected chi connectivity index (χ1v) is 11.2. The molecule has 0 fully saturated rings. The molecular formula is C24H35N7. The van der Waals surface area contributed by atoms with Crippen molar-refractivity contribution in [2.75, 3.05) is 36.0 Å². The minimum absolute atomic E-state index is 0.589. The first-order valence-electron chi connectivity index (χ1n) is 11.2. The van der Waals surface area contributed by atoms with E-state index < -0.39 is 0 Å². The third-order valence-corrected chi connectivity index (χ3v) is 5.61. The highest BCUT2D eigenvalue weighted by Gasteiger charge is 2.10. The molecular weight excluding hydrogens is 386 g/mol. The summed E-state index contributed by atoms with van der Waals surface area (Å²) in [6, 6.07) is 10.4. The van der Waals surface area contributed by atoms with Crippen molar-refractivity contribution in [2.24, 2.45) is 0 Å². The van der Waals surface area contributed by atoms with Crippen LogP contribution >= 0.6 is 0 Å². The van der Waals surface area contributed by atoms with Crippen LogP contribution in [0, 0.1) is 13.8 Å². The molecule has 1 atom stereocenters. The zero-order valence-electron chi connectivity index (χ0n) is 19.4. The van der Waals surface area contributed by atoms with Gasteiger partial charge in [-0.15, -0.1) is 0 Å². The second-order valence-corrected chi connectivity index (χ2v) is 8.07. The maximum Gasteiger partial charge on any atom is 0.224 e. The number of nitrogen functional groups attached to an aromatic ring is 1. The normalized spacial score (nSPS) is 12.3. The molecule has 0 aliphatic heterocycles. The van der Waals surface area contributed by atoms with Gasteiger partial charge in [-0.3, -0.25) is 4.98 Å². The Morgan fingerprint density at radius 1 is 1.00 bits per heavy atom. The number of fused-ring (bicyclic) bond motifs is 1. The molecule has 166 valence electrons. The Bertz CT molecular complexity index is 1010. The molecule has 2 aromatic heterocycles. The number of anilines is 4. The number of benzene rings is 1. The highest BCUT2D eigenvalue weighted by molar-refractivity contribution is 5.93. The fourth-order valence-corrected chi connectivity index (χ4v) is 3.95. The molecule has 0 saturated carbocycles. The minimum Gasteiger partial charge on any atom is -0.398 e. The van der Waals surface area contributed by atoms with Crippen molar-refractivity contribution < 1.29 is 0 Å². The van der Waals surface area contributed by atoms with E-state index in [1.807, 2.05) is 44.2 Å². The molecule has 31 heavy (non-hydrogen) atoms. The van der Waals surface area contributed by atoms with Crippen LogP contribution in [0.4, 0.5) is 23.1 Å². The van der Waals surface area contributed by atoms with Crippen LogP contribution in [0.3, 0.4) is 0 Å². The summed E-state index contributed by atoms with van der Waals surface area (Å²) in [5.41, 5.74) is 10.6. The Morgan fingerprint density at radius 3 is 2.48 bits per heavy atom. The largest absolute Gasteiger partial charge is 0.398 e. The quantitative estimate of drug-likeness (QED) is 0.401. The van der Waals surface area contributed by atoms with Gasteiger partial charge in [-0.1, -0.05) is 13.8 Å². The van der Waals surface area contributed by atoms with Crippen molar-refractivity contribution in [3.05, 3.63) is 41.7 Å².